The summed E-state index contributed by atoms with van der Waals surface area (Å²) in [5, 5.41) is 17.7. The van der Waals surface area contributed by atoms with Gasteiger partial charge in [-0.1, -0.05) is 6.92 Å². The molecule has 1 rings (SSSR count). The average molecular weight is 211 g/mol. The maximum Gasteiger partial charge on any atom is 0.121 e. The third-order valence-corrected chi connectivity index (χ3v) is 2.05. The highest BCUT2D eigenvalue weighted by atomic mass is 16.5. The smallest absolute Gasteiger partial charge is 0.121 e. The molecule has 1 aromatic carbocycles. The Morgan fingerprint density at radius 2 is 2.13 bits per heavy atom. The number of nitrogens with two attached hydrogens (primary N) is 1. The molecule has 0 aromatic heterocycles. The molecular weight excluding hydrogens is 194 g/mol. The number of anilines is 1. The van der Waals surface area contributed by atoms with Crippen LogP contribution >= 0.6 is 0 Å². The molecule has 4 N–H and O–H groups in total. The molecule has 0 aliphatic rings. The number of aryl methyl sites for hydroxylation is 1. The minimum absolute atomic E-state index is 0.0725. The van der Waals surface area contributed by atoms with Crippen molar-refractivity contribution in [3.8, 4) is 5.75 Å². The number of rotatable bonds is 5. The monoisotopic (exact) mass is 211 g/mol. The van der Waals surface area contributed by atoms with Crippen molar-refractivity contribution >= 4 is 5.69 Å². The summed E-state index contributed by atoms with van der Waals surface area (Å²) in [5.74, 6) is 0.624. The van der Waals surface area contributed by atoms with Crippen molar-refractivity contribution in [3.05, 3.63) is 23.8 Å². The second-order valence-corrected chi connectivity index (χ2v) is 3.41. The van der Waals surface area contributed by atoms with Gasteiger partial charge in [0.05, 0.1) is 6.61 Å². The average Bonchev–Trinajstić information content (AvgIpc) is 2.25. The molecule has 4 nitrogen and oxygen atoms in total. The topological polar surface area (TPSA) is 75.7 Å². The third kappa shape index (κ3) is 3.77. The maximum absolute atomic E-state index is 9.11. The summed E-state index contributed by atoms with van der Waals surface area (Å²) in [4.78, 5) is 0. The number of ether oxygens (including phenoxy) is 1. The largest absolute Gasteiger partial charge is 0.491 e. The molecule has 1 unspecified atom stereocenters. The Labute approximate surface area is 89.3 Å². The van der Waals surface area contributed by atoms with Gasteiger partial charge >= 0.3 is 0 Å². The van der Waals surface area contributed by atoms with Crippen LogP contribution < -0.4 is 10.5 Å². The Balaban J connectivity index is 2.64. The lowest BCUT2D eigenvalue weighted by molar-refractivity contribution is 0.0536. The molecule has 4 heteroatoms. The molecule has 0 aliphatic heterocycles. The molecule has 0 radical (unpaired) electrons. The van der Waals surface area contributed by atoms with Gasteiger partial charge in [-0.15, -0.1) is 0 Å². The molecule has 0 spiro atoms. The normalized spacial score (nSPS) is 12.5. The second-order valence-electron chi connectivity index (χ2n) is 3.41. The lowest BCUT2D eigenvalue weighted by Gasteiger charge is -2.11. The van der Waals surface area contributed by atoms with E-state index in [9.17, 15) is 0 Å². The van der Waals surface area contributed by atoms with E-state index in [1.165, 1.54) is 0 Å². The molecule has 0 heterocycles. The Kier molecular flexibility index (Phi) is 4.39. The van der Waals surface area contributed by atoms with E-state index in [4.69, 9.17) is 20.7 Å². The molecule has 0 amide bonds. The minimum Gasteiger partial charge on any atom is -0.491 e. The molecule has 0 fully saturated rings. The highest BCUT2D eigenvalue weighted by Gasteiger charge is 2.04. The van der Waals surface area contributed by atoms with Crippen molar-refractivity contribution in [2.45, 2.75) is 19.4 Å². The van der Waals surface area contributed by atoms with E-state index in [0.29, 0.717) is 11.4 Å². The summed E-state index contributed by atoms with van der Waals surface area (Å²) in [6, 6.07) is 5.46. The standard InChI is InChI=1S/C11H17NO3/c1-2-8-3-9(12)5-11(4-8)15-7-10(14)6-13/h3-5,10,13-14H,2,6-7,12H2,1H3. The van der Waals surface area contributed by atoms with Gasteiger partial charge in [0.1, 0.15) is 18.5 Å². The van der Waals surface area contributed by atoms with Crippen molar-refractivity contribution in [2.75, 3.05) is 18.9 Å². The summed E-state index contributed by atoms with van der Waals surface area (Å²) in [5.41, 5.74) is 7.41. The fourth-order valence-electron chi connectivity index (χ4n) is 1.22. The van der Waals surface area contributed by atoms with Crippen LogP contribution in [0.25, 0.3) is 0 Å². The summed E-state index contributed by atoms with van der Waals surface area (Å²) in [6.45, 7) is 1.80. The van der Waals surface area contributed by atoms with E-state index < -0.39 is 6.10 Å². The molecule has 1 atom stereocenters. The number of benzene rings is 1. The molecular formula is C11H17NO3. The summed E-state index contributed by atoms with van der Waals surface area (Å²) in [7, 11) is 0. The van der Waals surface area contributed by atoms with Gasteiger partial charge in [-0.25, -0.2) is 0 Å². The van der Waals surface area contributed by atoms with Crippen molar-refractivity contribution in [2.24, 2.45) is 0 Å². The first-order chi connectivity index (χ1) is 7.15. The van der Waals surface area contributed by atoms with Gasteiger partial charge < -0.3 is 20.7 Å². The third-order valence-electron chi connectivity index (χ3n) is 2.05. The number of hydrogen-bond acceptors (Lipinski definition) is 4. The summed E-state index contributed by atoms with van der Waals surface area (Å²) >= 11 is 0. The quantitative estimate of drug-likeness (QED) is 0.622. The van der Waals surface area contributed by atoms with Crippen molar-refractivity contribution in [1.29, 1.82) is 0 Å². The first kappa shape index (κ1) is 11.8. The van der Waals surface area contributed by atoms with Gasteiger partial charge in [0.2, 0.25) is 0 Å². The van der Waals surface area contributed by atoms with E-state index in [2.05, 4.69) is 0 Å². The van der Waals surface area contributed by atoms with E-state index in [-0.39, 0.29) is 13.2 Å². The summed E-state index contributed by atoms with van der Waals surface area (Å²) < 4.78 is 5.29. The van der Waals surface area contributed by atoms with Crippen LogP contribution in [0.15, 0.2) is 18.2 Å². The zero-order valence-corrected chi connectivity index (χ0v) is 8.81. The Hall–Kier alpha value is -1.26. The van der Waals surface area contributed by atoms with Gasteiger partial charge in [0.25, 0.3) is 0 Å². The van der Waals surface area contributed by atoms with Gasteiger partial charge in [-0.05, 0) is 24.1 Å². The van der Waals surface area contributed by atoms with Crippen LogP contribution in [-0.4, -0.2) is 29.5 Å². The highest BCUT2D eigenvalue weighted by molar-refractivity contribution is 5.47. The van der Waals surface area contributed by atoms with Gasteiger partial charge in [-0.3, -0.25) is 0 Å². The molecule has 1 aromatic rings. The molecule has 15 heavy (non-hydrogen) atoms. The Bertz CT molecular complexity index is 315. The van der Waals surface area contributed by atoms with Crippen LogP contribution in [0.2, 0.25) is 0 Å². The van der Waals surface area contributed by atoms with E-state index >= 15 is 0 Å². The molecule has 84 valence electrons. The van der Waals surface area contributed by atoms with Crippen LogP contribution in [-0.2, 0) is 6.42 Å². The first-order valence-corrected chi connectivity index (χ1v) is 4.97. The fraction of sp³-hybridized carbons (Fsp3) is 0.455. The van der Waals surface area contributed by atoms with E-state index in [0.717, 1.165) is 12.0 Å². The highest BCUT2D eigenvalue weighted by Crippen LogP contribution is 2.19. The lowest BCUT2D eigenvalue weighted by Crippen LogP contribution is -2.21. The molecule has 0 aliphatic carbocycles. The zero-order chi connectivity index (χ0) is 11.3. The second kappa shape index (κ2) is 5.58. The van der Waals surface area contributed by atoms with Gasteiger partial charge in [0.15, 0.2) is 0 Å². The van der Waals surface area contributed by atoms with Crippen molar-refractivity contribution in [3.63, 3.8) is 0 Å². The van der Waals surface area contributed by atoms with Crippen molar-refractivity contribution in [1.82, 2.24) is 0 Å². The van der Waals surface area contributed by atoms with E-state index in [1.54, 1.807) is 6.07 Å². The van der Waals surface area contributed by atoms with Crippen LogP contribution in [0.1, 0.15) is 12.5 Å². The van der Waals surface area contributed by atoms with Crippen LogP contribution in [0.4, 0.5) is 5.69 Å². The Morgan fingerprint density at radius 3 is 2.73 bits per heavy atom. The summed E-state index contributed by atoms with van der Waals surface area (Å²) in [6.07, 6.45) is 0.0285. The minimum atomic E-state index is -0.850. The van der Waals surface area contributed by atoms with Crippen LogP contribution in [0, 0.1) is 0 Å². The number of hydrogen-bond donors (Lipinski definition) is 3. The van der Waals surface area contributed by atoms with Crippen LogP contribution in [0.5, 0.6) is 5.75 Å². The van der Waals surface area contributed by atoms with Gasteiger partial charge in [0, 0.05) is 11.8 Å². The SMILES string of the molecule is CCc1cc(N)cc(OCC(O)CO)c1. The predicted molar refractivity (Wildman–Crippen MR) is 58.8 cm³/mol. The van der Waals surface area contributed by atoms with Crippen molar-refractivity contribution < 1.29 is 14.9 Å². The Morgan fingerprint density at radius 1 is 1.40 bits per heavy atom. The molecule has 0 bridgehead atoms. The number of aliphatic hydroxyl groups is 2. The molecule has 0 saturated heterocycles. The van der Waals surface area contributed by atoms with E-state index in [1.807, 2.05) is 19.1 Å². The number of aliphatic hydroxyl groups excluding tert-OH is 2. The number of nitrogen functional groups attached to an aromatic ring is 1. The lowest BCUT2D eigenvalue weighted by atomic mass is 10.1. The first-order valence-electron chi connectivity index (χ1n) is 4.97. The molecule has 0 saturated carbocycles. The predicted octanol–water partition coefficient (Wildman–Crippen LogP) is 0.563. The fourth-order valence-corrected chi connectivity index (χ4v) is 1.22. The zero-order valence-electron chi connectivity index (χ0n) is 8.81. The van der Waals surface area contributed by atoms with Crippen LogP contribution in [0.3, 0.4) is 0 Å². The van der Waals surface area contributed by atoms with Gasteiger partial charge in [-0.2, -0.15) is 0 Å². The maximum atomic E-state index is 9.11.